The van der Waals surface area contributed by atoms with Crippen molar-refractivity contribution in [2.24, 2.45) is 0 Å². The zero-order chi connectivity index (χ0) is 18.6. The predicted octanol–water partition coefficient (Wildman–Crippen LogP) is 4.98. The third-order valence-electron chi connectivity index (χ3n) is 3.55. The van der Waals surface area contributed by atoms with E-state index >= 15 is 0 Å². The number of amides is 1. The molecule has 4 nitrogen and oxygen atoms in total. The van der Waals surface area contributed by atoms with E-state index in [0.29, 0.717) is 11.3 Å². The first-order chi connectivity index (χ1) is 11.8. The zero-order valence-electron chi connectivity index (χ0n) is 14.6. The van der Waals surface area contributed by atoms with Gasteiger partial charge >= 0.3 is 0 Å². The van der Waals surface area contributed by atoms with Crippen LogP contribution in [0.25, 0.3) is 0 Å². The lowest BCUT2D eigenvalue weighted by Crippen LogP contribution is -2.34. The minimum Gasteiger partial charge on any atom is -0.490 e. The van der Waals surface area contributed by atoms with Crippen LogP contribution in [0.3, 0.4) is 0 Å². The summed E-state index contributed by atoms with van der Waals surface area (Å²) < 4.78 is 6.37. The van der Waals surface area contributed by atoms with Crippen LogP contribution in [0.2, 0.25) is 0 Å². The van der Waals surface area contributed by atoms with E-state index in [1.807, 2.05) is 45.9 Å². The second-order valence-corrected chi connectivity index (χ2v) is 7.28. The first kappa shape index (κ1) is 19.4. The van der Waals surface area contributed by atoms with Crippen molar-refractivity contribution in [1.82, 2.24) is 5.32 Å². The molecule has 0 aliphatic carbocycles. The summed E-state index contributed by atoms with van der Waals surface area (Å²) in [7, 11) is 0. The summed E-state index contributed by atoms with van der Waals surface area (Å²) in [6.07, 6.45) is 0.0609. The molecule has 0 saturated heterocycles. The van der Waals surface area contributed by atoms with Gasteiger partial charge in [-0.05, 0) is 97.3 Å². The normalized spacial score (nSPS) is 10.5. The lowest BCUT2D eigenvalue weighted by Gasteiger charge is -2.13. The van der Waals surface area contributed by atoms with E-state index in [4.69, 9.17) is 17.0 Å². The molecule has 1 amide bonds. The number of rotatable bonds is 4. The molecule has 0 unspecified atom stereocenters. The van der Waals surface area contributed by atoms with E-state index < -0.39 is 0 Å². The number of hydrogen-bond acceptors (Lipinski definition) is 3. The molecule has 0 aromatic heterocycles. The summed E-state index contributed by atoms with van der Waals surface area (Å²) in [6, 6.07) is 11.1. The molecule has 0 atom stereocenters. The monoisotopic (exact) mass is 420 g/mol. The van der Waals surface area contributed by atoms with Crippen molar-refractivity contribution in [3.63, 3.8) is 0 Å². The molecule has 2 aromatic carbocycles. The van der Waals surface area contributed by atoms with Gasteiger partial charge in [-0.3, -0.25) is 10.1 Å². The number of carbonyl (C=O) groups is 1. The smallest absolute Gasteiger partial charge is 0.257 e. The number of halogens is 1. The van der Waals surface area contributed by atoms with Crippen LogP contribution in [0.5, 0.6) is 5.75 Å². The van der Waals surface area contributed by atoms with Crippen LogP contribution in [-0.2, 0) is 0 Å². The molecule has 0 fully saturated rings. The molecular formula is C19H21BrN2O2S. The zero-order valence-corrected chi connectivity index (χ0v) is 17.0. The van der Waals surface area contributed by atoms with Crippen molar-refractivity contribution >= 4 is 44.9 Å². The molecule has 2 aromatic rings. The standard InChI is InChI=1S/C19H21BrN2O2S/c1-11(2)24-17-8-6-14(10-16(17)20)18(23)22-19(25)21-15-7-5-12(3)13(4)9-15/h5-11H,1-4H3,(H2,21,22,23,25). The maximum absolute atomic E-state index is 12.4. The van der Waals surface area contributed by atoms with Gasteiger partial charge in [0.1, 0.15) is 5.75 Å². The van der Waals surface area contributed by atoms with Crippen molar-refractivity contribution < 1.29 is 9.53 Å². The Bertz CT molecular complexity index is 806. The van der Waals surface area contributed by atoms with E-state index in [-0.39, 0.29) is 17.1 Å². The lowest BCUT2D eigenvalue weighted by atomic mass is 10.1. The molecule has 0 heterocycles. The molecule has 2 N–H and O–H groups in total. The molecule has 2 rings (SSSR count). The number of anilines is 1. The molecule has 0 radical (unpaired) electrons. The number of carbonyl (C=O) groups excluding carboxylic acids is 1. The van der Waals surface area contributed by atoms with E-state index in [1.165, 1.54) is 5.56 Å². The number of benzene rings is 2. The Morgan fingerprint density at radius 1 is 1.12 bits per heavy atom. The molecule has 0 aliphatic heterocycles. The highest BCUT2D eigenvalue weighted by Gasteiger charge is 2.12. The van der Waals surface area contributed by atoms with E-state index in [1.54, 1.807) is 18.2 Å². The number of nitrogens with one attached hydrogen (secondary N) is 2. The van der Waals surface area contributed by atoms with Gasteiger partial charge in [-0.15, -0.1) is 0 Å². The summed E-state index contributed by atoms with van der Waals surface area (Å²) in [6.45, 7) is 7.97. The summed E-state index contributed by atoms with van der Waals surface area (Å²) in [4.78, 5) is 12.4. The Kier molecular flexibility index (Phi) is 6.56. The van der Waals surface area contributed by atoms with E-state index in [2.05, 4.69) is 26.6 Å². The van der Waals surface area contributed by atoms with Gasteiger partial charge in [0, 0.05) is 11.3 Å². The molecule has 0 spiro atoms. The van der Waals surface area contributed by atoms with Crippen LogP contribution in [0.1, 0.15) is 35.3 Å². The van der Waals surface area contributed by atoms with Crippen LogP contribution in [-0.4, -0.2) is 17.1 Å². The minimum atomic E-state index is -0.280. The SMILES string of the molecule is Cc1ccc(NC(=S)NC(=O)c2ccc(OC(C)C)c(Br)c2)cc1C. The van der Waals surface area contributed by atoms with Crippen LogP contribution < -0.4 is 15.4 Å². The third kappa shape index (κ3) is 5.54. The van der Waals surface area contributed by atoms with E-state index in [0.717, 1.165) is 15.7 Å². The Hall–Kier alpha value is -1.92. The van der Waals surface area contributed by atoms with Gasteiger partial charge in [-0.1, -0.05) is 6.07 Å². The molecular weight excluding hydrogens is 400 g/mol. The van der Waals surface area contributed by atoms with Crippen LogP contribution >= 0.6 is 28.1 Å². The minimum absolute atomic E-state index is 0.0609. The molecule has 0 saturated carbocycles. The van der Waals surface area contributed by atoms with Crippen molar-refractivity contribution in [3.05, 3.63) is 57.6 Å². The maximum atomic E-state index is 12.4. The van der Waals surface area contributed by atoms with E-state index in [9.17, 15) is 4.79 Å². The summed E-state index contributed by atoms with van der Waals surface area (Å²) in [5, 5.41) is 5.97. The molecule has 132 valence electrons. The second kappa shape index (κ2) is 8.45. The molecule has 0 bridgehead atoms. The van der Waals surface area contributed by atoms with Crippen LogP contribution in [0.15, 0.2) is 40.9 Å². The van der Waals surface area contributed by atoms with Gasteiger partial charge in [0.25, 0.3) is 5.91 Å². The largest absolute Gasteiger partial charge is 0.490 e. The highest BCUT2D eigenvalue weighted by Crippen LogP contribution is 2.27. The summed E-state index contributed by atoms with van der Waals surface area (Å²) >= 11 is 8.65. The predicted molar refractivity (Wildman–Crippen MR) is 110 cm³/mol. The number of thiocarbonyl (C=S) groups is 1. The number of hydrogen-bond donors (Lipinski definition) is 2. The fraction of sp³-hybridized carbons (Fsp3) is 0.263. The maximum Gasteiger partial charge on any atom is 0.257 e. The van der Waals surface area contributed by atoms with Gasteiger partial charge in [0.2, 0.25) is 0 Å². The second-order valence-electron chi connectivity index (χ2n) is 6.02. The van der Waals surface area contributed by atoms with Gasteiger partial charge in [-0.2, -0.15) is 0 Å². The molecule has 6 heteroatoms. The first-order valence-electron chi connectivity index (χ1n) is 7.92. The van der Waals surface area contributed by atoms with Crippen molar-refractivity contribution in [3.8, 4) is 5.75 Å². The Balaban J connectivity index is 2.02. The lowest BCUT2D eigenvalue weighted by molar-refractivity contribution is 0.0977. The average Bonchev–Trinajstić information content (AvgIpc) is 2.52. The Labute approximate surface area is 162 Å². The average molecular weight is 421 g/mol. The fourth-order valence-electron chi connectivity index (χ4n) is 2.15. The Morgan fingerprint density at radius 2 is 1.84 bits per heavy atom. The highest BCUT2D eigenvalue weighted by atomic mass is 79.9. The molecule has 0 aliphatic rings. The van der Waals surface area contributed by atoms with Gasteiger partial charge < -0.3 is 10.1 Å². The first-order valence-corrected chi connectivity index (χ1v) is 9.12. The van der Waals surface area contributed by atoms with Gasteiger partial charge in [0.15, 0.2) is 5.11 Å². The molecule has 25 heavy (non-hydrogen) atoms. The topological polar surface area (TPSA) is 50.4 Å². The van der Waals surface area contributed by atoms with Crippen LogP contribution in [0, 0.1) is 13.8 Å². The quantitative estimate of drug-likeness (QED) is 0.684. The third-order valence-corrected chi connectivity index (χ3v) is 4.37. The van der Waals surface area contributed by atoms with Crippen molar-refractivity contribution in [2.45, 2.75) is 33.8 Å². The highest BCUT2D eigenvalue weighted by molar-refractivity contribution is 9.10. The van der Waals surface area contributed by atoms with Gasteiger partial charge in [0.05, 0.1) is 10.6 Å². The Morgan fingerprint density at radius 3 is 2.44 bits per heavy atom. The fourth-order valence-corrected chi connectivity index (χ4v) is 2.83. The van der Waals surface area contributed by atoms with Crippen molar-refractivity contribution in [2.75, 3.05) is 5.32 Å². The number of aryl methyl sites for hydroxylation is 2. The van der Waals surface area contributed by atoms with Gasteiger partial charge in [-0.25, -0.2) is 0 Å². The number of ether oxygens (including phenoxy) is 1. The summed E-state index contributed by atoms with van der Waals surface area (Å²) in [5.74, 6) is 0.417. The van der Waals surface area contributed by atoms with Crippen LogP contribution in [0.4, 0.5) is 5.69 Å². The van der Waals surface area contributed by atoms with Crippen molar-refractivity contribution in [1.29, 1.82) is 0 Å². The summed E-state index contributed by atoms with van der Waals surface area (Å²) in [5.41, 5.74) is 3.69.